The Kier molecular flexibility index (Phi) is 8.58. The Bertz CT molecular complexity index is 554. The summed E-state index contributed by atoms with van der Waals surface area (Å²) < 4.78 is 5.74. The molecule has 140 valence electrons. The summed E-state index contributed by atoms with van der Waals surface area (Å²) in [5, 5.41) is 28.4. The monoisotopic (exact) mass is 351 g/mol. The van der Waals surface area contributed by atoms with Gasteiger partial charge in [-0.15, -0.1) is 0 Å². The van der Waals surface area contributed by atoms with Crippen molar-refractivity contribution in [2.45, 2.75) is 58.5 Å². The number of carbonyl (C=O) groups is 1. The number of hydrogen-bond donors (Lipinski definition) is 4. The Morgan fingerprint density at radius 3 is 2.52 bits per heavy atom. The molecule has 6 nitrogen and oxygen atoms in total. The van der Waals surface area contributed by atoms with Crippen molar-refractivity contribution in [3.8, 4) is 5.75 Å². The Balaban J connectivity index is 0.000000705. The first-order chi connectivity index (χ1) is 11.6. The van der Waals surface area contributed by atoms with Crippen molar-refractivity contribution >= 4 is 12.9 Å². The first kappa shape index (κ1) is 21.6. The van der Waals surface area contributed by atoms with Gasteiger partial charge < -0.3 is 25.2 Å². The van der Waals surface area contributed by atoms with Gasteiger partial charge in [0.05, 0.1) is 0 Å². The SMILES string of the molecule is CB(O)O.CC(C)(C)NC[C@H](O)COc1cccc2c1CCCC2=O. The Labute approximate surface area is 150 Å². The Morgan fingerprint density at radius 2 is 1.92 bits per heavy atom. The van der Waals surface area contributed by atoms with Gasteiger partial charge in [-0.05, 0) is 46.5 Å². The second-order valence-corrected chi connectivity index (χ2v) is 7.29. The largest absolute Gasteiger partial charge is 0.491 e. The fraction of sp³-hybridized carbons (Fsp3) is 0.611. The Morgan fingerprint density at radius 1 is 1.28 bits per heavy atom. The molecule has 25 heavy (non-hydrogen) atoms. The van der Waals surface area contributed by atoms with Gasteiger partial charge in [0, 0.05) is 29.6 Å². The third-order valence-electron chi connectivity index (χ3n) is 3.56. The number of benzene rings is 1. The quantitative estimate of drug-likeness (QED) is 0.599. The molecule has 0 unspecified atom stereocenters. The van der Waals surface area contributed by atoms with E-state index >= 15 is 0 Å². The lowest BCUT2D eigenvalue weighted by molar-refractivity contribution is 0.0957. The summed E-state index contributed by atoms with van der Waals surface area (Å²) in [6, 6.07) is 5.58. The molecule has 1 aliphatic rings. The fourth-order valence-corrected chi connectivity index (χ4v) is 2.45. The zero-order valence-electron chi connectivity index (χ0n) is 15.6. The first-order valence-corrected chi connectivity index (χ1v) is 8.67. The number of β-amino-alcohol motifs (C(OH)–C–C–N with tert-alkyl or cyclic N) is 1. The van der Waals surface area contributed by atoms with Gasteiger partial charge in [0.1, 0.15) is 18.5 Å². The van der Waals surface area contributed by atoms with Crippen LogP contribution in [0.1, 0.15) is 49.5 Å². The first-order valence-electron chi connectivity index (χ1n) is 8.67. The molecule has 1 aromatic rings. The summed E-state index contributed by atoms with van der Waals surface area (Å²) in [7, 11) is -1.17. The van der Waals surface area contributed by atoms with E-state index in [2.05, 4.69) is 26.1 Å². The molecule has 0 aliphatic heterocycles. The van der Waals surface area contributed by atoms with Crippen LogP contribution in [-0.2, 0) is 6.42 Å². The second-order valence-electron chi connectivity index (χ2n) is 7.29. The van der Waals surface area contributed by atoms with Gasteiger partial charge in [0.15, 0.2) is 5.78 Å². The number of ether oxygens (including phenoxy) is 1. The van der Waals surface area contributed by atoms with Crippen LogP contribution in [0, 0.1) is 0 Å². The molecule has 0 spiro atoms. The molecule has 0 amide bonds. The second kappa shape index (κ2) is 9.92. The van der Waals surface area contributed by atoms with Gasteiger partial charge in [-0.25, -0.2) is 0 Å². The minimum absolute atomic E-state index is 0.0285. The molecule has 1 aliphatic carbocycles. The van der Waals surface area contributed by atoms with Crippen LogP contribution < -0.4 is 10.1 Å². The van der Waals surface area contributed by atoms with Crippen molar-refractivity contribution in [2.75, 3.05) is 13.2 Å². The van der Waals surface area contributed by atoms with Crippen LogP contribution in [0.15, 0.2) is 18.2 Å². The van der Waals surface area contributed by atoms with E-state index in [4.69, 9.17) is 14.8 Å². The summed E-state index contributed by atoms with van der Waals surface area (Å²) >= 11 is 0. The van der Waals surface area contributed by atoms with E-state index < -0.39 is 13.2 Å². The van der Waals surface area contributed by atoms with Crippen molar-refractivity contribution < 1.29 is 24.7 Å². The average molecular weight is 351 g/mol. The van der Waals surface area contributed by atoms with E-state index in [0.717, 1.165) is 29.7 Å². The number of fused-ring (bicyclic) bond motifs is 1. The standard InChI is InChI=1S/C17H25NO3.CH5BO2/c1-17(2,3)18-10-12(19)11-21-16-9-5-6-13-14(16)7-4-8-15(13)20;1-2(3)4/h5-6,9,12,18-19H,4,7-8,10-11H2,1-3H3;3-4H,1H3/t12-;/m0./s1. The van der Waals surface area contributed by atoms with E-state index in [1.165, 1.54) is 6.82 Å². The molecule has 2 rings (SSSR count). The lowest BCUT2D eigenvalue weighted by Crippen LogP contribution is -2.42. The molecule has 0 radical (unpaired) electrons. The van der Waals surface area contributed by atoms with E-state index in [-0.39, 0.29) is 17.9 Å². The van der Waals surface area contributed by atoms with Crippen LogP contribution in [0.2, 0.25) is 6.82 Å². The third-order valence-corrected chi connectivity index (χ3v) is 3.56. The number of hydrogen-bond acceptors (Lipinski definition) is 6. The van der Waals surface area contributed by atoms with Gasteiger partial charge in [-0.3, -0.25) is 4.79 Å². The number of nitrogens with one attached hydrogen (secondary N) is 1. The molecule has 0 saturated carbocycles. The highest BCUT2D eigenvalue weighted by Crippen LogP contribution is 2.29. The van der Waals surface area contributed by atoms with Crippen LogP contribution >= 0.6 is 0 Å². The number of rotatable bonds is 5. The third kappa shape index (κ3) is 8.49. The molecule has 0 fully saturated rings. The zero-order valence-corrected chi connectivity index (χ0v) is 15.6. The van der Waals surface area contributed by atoms with Crippen LogP contribution in [0.5, 0.6) is 5.75 Å². The van der Waals surface area contributed by atoms with Crippen molar-refractivity contribution in [3.63, 3.8) is 0 Å². The van der Waals surface area contributed by atoms with Gasteiger partial charge in [-0.1, -0.05) is 12.1 Å². The predicted octanol–water partition coefficient (Wildman–Crippen LogP) is 1.42. The van der Waals surface area contributed by atoms with Crippen molar-refractivity contribution in [3.05, 3.63) is 29.3 Å². The van der Waals surface area contributed by atoms with E-state index in [0.29, 0.717) is 13.0 Å². The number of aliphatic hydroxyl groups is 1. The summed E-state index contributed by atoms with van der Waals surface area (Å²) in [6.07, 6.45) is 1.79. The van der Waals surface area contributed by atoms with E-state index in [1.807, 2.05) is 18.2 Å². The highest BCUT2D eigenvalue weighted by molar-refractivity contribution is 6.38. The highest BCUT2D eigenvalue weighted by atomic mass is 16.5. The van der Waals surface area contributed by atoms with Crippen molar-refractivity contribution in [2.24, 2.45) is 0 Å². The fourth-order valence-electron chi connectivity index (χ4n) is 2.45. The lowest BCUT2D eigenvalue weighted by atomic mass is 9.90. The number of Topliss-reactive ketones (excluding diaryl/α,β-unsaturated/α-hetero) is 1. The molecule has 0 bridgehead atoms. The molecule has 0 heterocycles. The van der Waals surface area contributed by atoms with E-state index in [9.17, 15) is 9.90 Å². The van der Waals surface area contributed by atoms with Crippen LogP contribution in [0.3, 0.4) is 0 Å². The zero-order chi connectivity index (χ0) is 19.0. The van der Waals surface area contributed by atoms with Crippen LogP contribution in [0.25, 0.3) is 0 Å². The van der Waals surface area contributed by atoms with Gasteiger partial charge in [-0.2, -0.15) is 0 Å². The lowest BCUT2D eigenvalue weighted by Gasteiger charge is -2.24. The van der Waals surface area contributed by atoms with Crippen LogP contribution in [0.4, 0.5) is 0 Å². The van der Waals surface area contributed by atoms with E-state index in [1.54, 1.807) is 0 Å². The number of carbonyl (C=O) groups excluding carboxylic acids is 1. The maximum atomic E-state index is 11.9. The topological polar surface area (TPSA) is 99.0 Å². The maximum absolute atomic E-state index is 11.9. The number of aliphatic hydroxyl groups excluding tert-OH is 1. The summed E-state index contributed by atoms with van der Waals surface area (Å²) in [5.74, 6) is 0.923. The van der Waals surface area contributed by atoms with Crippen molar-refractivity contribution in [1.82, 2.24) is 5.32 Å². The van der Waals surface area contributed by atoms with Crippen LogP contribution in [-0.4, -0.2) is 52.9 Å². The average Bonchev–Trinajstić information content (AvgIpc) is 2.50. The molecule has 4 N–H and O–H groups in total. The number of ketones is 1. The van der Waals surface area contributed by atoms with Crippen molar-refractivity contribution in [1.29, 1.82) is 0 Å². The van der Waals surface area contributed by atoms with Gasteiger partial charge in [0.25, 0.3) is 0 Å². The Hall–Kier alpha value is -1.41. The van der Waals surface area contributed by atoms with Gasteiger partial charge >= 0.3 is 7.12 Å². The summed E-state index contributed by atoms with van der Waals surface area (Å²) in [5.41, 5.74) is 1.74. The minimum atomic E-state index is -1.17. The molecule has 0 aromatic heterocycles. The summed E-state index contributed by atoms with van der Waals surface area (Å²) in [6.45, 7) is 8.16. The molecule has 0 saturated heterocycles. The molecule has 1 atom stereocenters. The summed E-state index contributed by atoms with van der Waals surface area (Å²) in [4.78, 5) is 11.9. The normalized spacial score (nSPS) is 14.9. The predicted molar refractivity (Wildman–Crippen MR) is 99.0 cm³/mol. The molecule has 1 aromatic carbocycles. The smallest absolute Gasteiger partial charge is 0.448 e. The molecular formula is C18H30BNO5. The molecule has 7 heteroatoms. The minimum Gasteiger partial charge on any atom is -0.491 e. The molecular weight excluding hydrogens is 321 g/mol. The maximum Gasteiger partial charge on any atom is 0.448 e. The highest BCUT2D eigenvalue weighted by Gasteiger charge is 2.21. The van der Waals surface area contributed by atoms with Gasteiger partial charge in [0.2, 0.25) is 0 Å².